The molecule has 1 aliphatic heterocycles. The lowest BCUT2D eigenvalue weighted by Gasteiger charge is -2.28. The highest BCUT2D eigenvalue weighted by atomic mass is 15.1. The van der Waals surface area contributed by atoms with E-state index in [-0.39, 0.29) is 0 Å². The number of piperidine rings is 1. The molecule has 0 atom stereocenters. The molecule has 1 aromatic heterocycles. The van der Waals surface area contributed by atoms with Gasteiger partial charge in [0.25, 0.3) is 0 Å². The first-order valence-corrected chi connectivity index (χ1v) is 6.79. The van der Waals surface area contributed by atoms with Crippen molar-refractivity contribution in [2.45, 2.75) is 26.2 Å². The summed E-state index contributed by atoms with van der Waals surface area (Å²) >= 11 is 0. The van der Waals surface area contributed by atoms with Crippen molar-refractivity contribution in [3.8, 4) is 0 Å². The van der Waals surface area contributed by atoms with Crippen LogP contribution in [0.25, 0.3) is 0 Å². The van der Waals surface area contributed by atoms with E-state index < -0.39 is 0 Å². The maximum Gasteiger partial charge on any atom is 0.149 e. The first-order chi connectivity index (χ1) is 8.65. The summed E-state index contributed by atoms with van der Waals surface area (Å²) in [5.41, 5.74) is 7.78. The lowest BCUT2D eigenvalue weighted by Crippen LogP contribution is -2.30. The Labute approximate surface area is 110 Å². The molecule has 4 heteroatoms. The van der Waals surface area contributed by atoms with Crippen LogP contribution in [0.2, 0.25) is 0 Å². The highest BCUT2D eigenvalue weighted by Gasteiger charge is 2.16. The lowest BCUT2D eigenvalue weighted by atomic mass is 9.94. The standard InChI is InChI=1S/C14H24N4/c1-11-9-13(15)14(17-10-11)16-6-3-12-4-7-18(2)8-5-12/h9-10,12H,3-8,15H2,1-2H3,(H,16,17). The van der Waals surface area contributed by atoms with Gasteiger partial charge in [0.05, 0.1) is 5.69 Å². The van der Waals surface area contributed by atoms with Crippen LogP contribution in [0.1, 0.15) is 24.8 Å². The fraction of sp³-hybridized carbons (Fsp3) is 0.643. The SMILES string of the molecule is Cc1cnc(NCCC2CCN(C)CC2)c(N)c1. The van der Waals surface area contributed by atoms with Crippen LogP contribution in [0.3, 0.4) is 0 Å². The predicted molar refractivity (Wildman–Crippen MR) is 76.7 cm³/mol. The van der Waals surface area contributed by atoms with Gasteiger partial charge in [-0.3, -0.25) is 0 Å². The zero-order valence-electron chi connectivity index (χ0n) is 11.4. The van der Waals surface area contributed by atoms with Crippen LogP contribution in [0.4, 0.5) is 11.5 Å². The second kappa shape index (κ2) is 6.05. The van der Waals surface area contributed by atoms with Gasteiger partial charge in [-0.15, -0.1) is 0 Å². The summed E-state index contributed by atoms with van der Waals surface area (Å²) < 4.78 is 0. The van der Waals surface area contributed by atoms with Gasteiger partial charge in [0.1, 0.15) is 5.82 Å². The molecular weight excluding hydrogens is 224 g/mol. The Morgan fingerprint density at radius 1 is 1.44 bits per heavy atom. The summed E-state index contributed by atoms with van der Waals surface area (Å²) in [5, 5.41) is 3.35. The monoisotopic (exact) mass is 248 g/mol. The van der Waals surface area contributed by atoms with Crippen molar-refractivity contribution in [3.05, 3.63) is 17.8 Å². The van der Waals surface area contributed by atoms with E-state index >= 15 is 0 Å². The van der Waals surface area contributed by atoms with Gasteiger partial charge < -0.3 is 16.0 Å². The van der Waals surface area contributed by atoms with Crippen molar-refractivity contribution in [1.82, 2.24) is 9.88 Å². The molecule has 0 aliphatic carbocycles. The second-order valence-electron chi connectivity index (χ2n) is 5.41. The Bertz CT molecular complexity index is 383. The van der Waals surface area contributed by atoms with Crippen molar-refractivity contribution >= 4 is 11.5 Å². The van der Waals surface area contributed by atoms with Gasteiger partial charge >= 0.3 is 0 Å². The van der Waals surface area contributed by atoms with E-state index in [0.29, 0.717) is 0 Å². The Kier molecular flexibility index (Phi) is 4.42. The molecule has 0 aromatic carbocycles. The number of hydrogen-bond donors (Lipinski definition) is 2. The summed E-state index contributed by atoms with van der Waals surface area (Å²) in [4.78, 5) is 6.73. The normalized spacial score (nSPS) is 17.9. The summed E-state index contributed by atoms with van der Waals surface area (Å²) in [7, 11) is 2.20. The molecule has 2 heterocycles. The second-order valence-corrected chi connectivity index (χ2v) is 5.41. The molecule has 0 saturated carbocycles. The third-order valence-electron chi connectivity index (χ3n) is 3.74. The van der Waals surface area contributed by atoms with Gasteiger partial charge in [0, 0.05) is 12.7 Å². The van der Waals surface area contributed by atoms with Crippen molar-refractivity contribution in [3.63, 3.8) is 0 Å². The van der Waals surface area contributed by atoms with Crippen molar-refractivity contribution in [1.29, 1.82) is 0 Å². The molecule has 3 N–H and O–H groups in total. The number of pyridine rings is 1. The number of aryl methyl sites for hydroxylation is 1. The number of rotatable bonds is 4. The number of aromatic nitrogens is 1. The summed E-state index contributed by atoms with van der Waals surface area (Å²) in [6.07, 6.45) is 5.70. The third-order valence-corrected chi connectivity index (χ3v) is 3.74. The number of nitrogen functional groups attached to an aromatic ring is 1. The largest absolute Gasteiger partial charge is 0.396 e. The fourth-order valence-corrected chi connectivity index (χ4v) is 2.48. The molecule has 1 aromatic rings. The average Bonchev–Trinajstić information content (AvgIpc) is 2.34. The highest BCUT2D eigenvalue weighted by molar-refractivity contribution is 5.61. The third kappa shape index (κ3) is 3.60. The van der Waals surface area contributed by atoms with Crippen LogP contribution >= 0.6 is 0 Å². The minimum atomic E-state index is 0.748. The van der Waals surface area contributed by atoms with E-state index in [1.54, 1.807) is 0 Å². The molecule has 0 amide bonds. The van der Waals surface area contributed by atoms with Crippen molar-refractivity contribution in [2.75, 3.05) is 37.7 Å². The van der Waals surface area contributed by atoms with Crippen molar-refractivity contribution < 1.29 is 0 Å². The van der Waals surface area contributed by atoms with Gasteiger partial charge in [0.15, 0.2) is 0 Å². The van der Waals surface area contributed by atoms with Gasteiger partial charge in [0.2, 0.25) is 0 Å². The topological polar surface area (TPSA) is 54.2 Å². The molecule has 0 bridgehead atoms. The maximum absolute atomic E-state index is 5.93. The number of anilines is 2. The van der Waals surface area contributed by atoms with Crippen LogP contribution in [0.5, 0.6) is 0 Å². The molecule has 0 spiro atoms. The fourth-order valence-electron chi connectivity index (χ4n) is 2.48. The van der Waals surface area contributed by atoms with E-state index in [0.717, 1.165) is 29.5 Å². The molecule has 2 rings (SSSR count). The summed E-state index contributed by atoms with van der Waals surface area (Å²) in [5.74, 6) is 1.67. The first-order valence-electron chi connectivity index (χ1n) is 6.79. The van der Waals surface area contributed by atoms with E-state index in [2.05, 4.69) is 22.2 Å². The molecule has 100 valence electrons. The van der Waals surface area contributed by atoms with E-state index in [1.165, 1.54) is 32.4 Å². The number of nitrogens with one attached hydrogen (secondary N) is 1. The van der Waals surface area contributed by atoms with Gasteiger partial charge in [-0.1, -0.05) is 0 Å². The molecule has 0 radical (unpaired) electrons. The van der Waals surface area contributed by atoms with Crippen LogP contribution in [-0.2, 0) is 0 Å². The molecule has 1 saturated heterocycles. The number of hydrogen-bond acceptors (Lipinski definition) is 4. The quantitative estimate of drug-likeness (QED) is 0.857. The van der Waals surface area contributed by atoms with Crippen LogP contribution < -0.4 is 11.1 Å². The molecule has 0 unspecified atom stereocenters. The van der Waals surface area contributed by atoms with E-state index in [4.69, 9.17) is 5.73 Å². The van der Waals surface area contributed by atoms with Crippen LogP contribution in [0, 0.1) is 12.8 Å². The average molecular weight is 248 g/mol. The van der Waals surface area contributed by atoms with E-state index in [1.807, 2.05) is 19.2 Å². The van der Waals surface area contributed by atoms with Crippen LogP contribution in [-0.4, -0.2) is 36.6 Å². The first kappa shape index (κ1) is 13.1. The maximum atomic E-state index is 5.93. The molecule has 4 nitrogen and oxygen atoms in total. The zero-order valence-corrected chi connectivity index (χ0v) is 11.4. The Morgan fingerprint density at radius 2 is 2.17 bits per heavy atom. The Balaban J connectivity index is 1.75. The van der Waals surface area contributed by atoms with Gasteiger partial charge in [-0.2, -0.15) is 0 Å². The van der Waals surface area contributed by atoms with Crippen molar-refractivity contribution in [2.24, 2.45) is 5.92 Å². The smallest absolute Gasteiger partial charge is 0.149 e. The number of nitrogens with zero attached hydrogens (tertiary/aromatic N) is 2. The molecular formula is C14H24N4. The predicted octanol–water partition coefficient (Wildman–Crippen LogP) is 2.12. The highest BCUT2D eigenvalue weighted by Crippen LogP contribution is 2.20. The lowest BCUT2D eigenvalue weighted by molar-refractivity contribution is 0.215. The van der Waals surface area contributed by atoms with E-state index in [9.17, 15) is 0 Å². The molecule has 1 fully saturated rings. The summed E-state index contributed by atoms with van der Waals surface area (Å²) in [6, 6.07) is 1.96. The van der Waals surface area contributed by atoms with Gasteiger partial charge in [-0.25, -0.2) is 4.98 Å². The van der Waals surface area contributed by atoms with Gasteiger partial charge in [-0.05, 0) is 63.9 Å². The number of likely N-dealkylation sites (tertiary alicyclic amines) is 1. The minimum absolute atomic E-state index is 0.748. The number of nitrogens with two attached hydrogens (primary N) is 1. The Morgan fingerprint density at radius 3 is 2.83 bits per heavy atom. The minimum Gasteiger partial charge on any atom is -0.396 e. The summed E-state index contributed by atoms with van der Waals surface area (Å²) in [6.45, 7) is 5.44. The van der Waals surface area contributed by atoms with Crippen LogP contribution in [0.15, 0.2) is 12.3 Å². The molecule has 18 heavy (non-hydrogen) atoms. The zero-order chi connectivity index (χ0) is 13.0. The molecule has 1 aliphatic rings. The Hall–Kier alpha value is -1.29.